The molecule has 1 atom stereocenters. The molecule has 2 N–H and O–H groups in total. The first kappa shape index (κ1) is 46.7. The predicted octanol–water partition coefficient (Wildman–Crippen LogP) is 9.36. The van der Waals surface area contributed by atoms with Crippen LogP contribution in [0.3, 0.4) is 0 Å². The van der Waals surface area contributed by atoms with Crippen molar-refractivity contribution in [1.29, 1.82) is 0 Å². The molecule has 2 heterocycles. The van der Waals surface area contributed by atoms with Crippen molar-refractivity contribution >= 4 is 44.1 Å². The SMILES string of the molecule is CC(=O)c1c(O)cc(C(C)CCCO[Si](C)(C)C(C)(C)C)oc1=O.CC(C)(C)[Si](C)(C)OCCCBr.CCc1cc(O)c(C(C)=O)c(=O)o1. The highest BCUT2D eigenvalue weighted by molar-refractivity contribution is 9.09. The molecule has 0 aliphatic carbocycles. The number of hydrogen-bond donors (Lipinski definition) is 2. The van der Waals surface area contributed by atoms with E-state index in [2.05, 4.69) is 83.7 Å². The summed E-state index contributed by atoms with van der Waals surface area (Å²) in [4.78, 5) is 45.1. The molecule has 1 unspecified atom stereocenters. The fourth-order valence-corrected chi connectivity index (χ4v) is 6.17. The van der Waals surface area contributed by atoms with Crippen LogP contribution in [0.25, 0.3) is 0 Å². The van der Waals surface area contributed by atoms with Crippen molar-refractivity contribution in [3.05, 3.63) is 55.6 Å². The Morgan fingerprint density at radius 3 is 1.55 bits per heavy atom. The minimum absolute atomic E-state index is 0.0346. The molecule has 0 amide bonds. The molecule has 2 aromatic heterocycles. The Labute approximate surface area is 303 Å². The van der Waals surface area contributed by atoms with Gasteiger partial charge in [-0.2, -0.15) is 0 Å². The molecule has 0 spiro atoms. The lowest BCUT2D eigenvalue weighted by Crippen LogP contribution is -2.41. The molecule has 0 fully saturated rings. The quantitative estimate of drug-likeness (QED) is 0.0869. The van der Waals surface area contributed by atoms with Gasteiger partial charge >= 0.3 is 11.3 Å². The van der Waals surface area contributed by atoms with Gasteiger partial charge in [0.1, 0.15) is 34.1 Å². The van der Waals surface area contributed by atoms with Gasteiger partial charge in [-0.05, 0) is 69.4 Å². The minimum Gasteiger partial charge on any atom is -0.507 e. The molecule has 0 aliphatic rings. The van der Waals surface area contributed by atoms with E-state index in [0.717, 1.165) is 31.2 Å². The summed E-state index contributed by atoms with van der Waals surface area (Å²) < 4.78 is 22.0. The zero-order chi connectivity index (χ0) is 38.5. The number of hydrogen-bond acceptors (Lipinski definition) is 10. The van der Waals surface area contributed by atoms with Gasteiger partial charge in [-0.1, -0.05) is 71.3 Å². The van der Waals surface area contributed by atoms with Crippen molar-refractivity contribution in [2.24, 2.45) is 0 Å². The number of halogens is 1. The number of carbonyl (C=O) groups is 2. The van der Waals surface area contributed by atoms with E-state index in [1.165, 1.54) is 26.0 Å². The van der Waals surface area contributed by atoms with Crippen LogP contribution in [0.1, 0.15) is 127 Å². The lowest BCUT2D eigenvalue weighted by molar-refractivity contribution is 0.0997. The average molecular weight is 790 g/mol. The Kier molecular flexibility index (Phi) is 19.0. The highest BCUT2D eigenvalue weighted by Gasteiger charge is 2.37. The first-order chi connectivity index (χ1) is 22.2. The molecule has 2 aromatic rings. The number of Topliss-reactive ketones (excluding diaryl/α,β-unsaturated/α-hetero) is 2. The van der Waals surface area contributed by atoms with Crippen LogP contribution in [0.2, 0.25) is 36.3 Å². The maximum atomic E-state index is 11.8. The molecule has 0 saturated heterocycles. The van der Waals surface area contributed by atoms with Gasteiger partial charge in [0.25, 0.3) is 0 Å². The van der Waals surface area contributed by atoms with Gasteiger partial charge in [0.15, 0.2) is 28.2 Å². The van der Waals surface area contributed by atoms with E-state index in [-0.39, 0.29) is 33.6 Å². The van der Waals surface area contributed by atoms with E-state index in [1.807, 2.05) is 6.92 Å². The van der Waals surface area contributed by atoms with Gasteiger partial charge in [-0.15, -0.1) is 0 Å². The Bertz CT molecular complexity index is 1480. The molecule has 280 valence electrons. The number of ketones is 2. The van der Waals surface area contributed by atoms with E-state index in [0.29, 0.717) is 29.6 Å². The van der Waals surface area contributed by atoms with Gasteiger partial charge in [0, 0.05) is 43.0 Å². The average Bonchev–Trinajstić information content (AvgIpc) is 2.93. The van der Waals surface area contributed by atoms with Gasteiger partial charge in [-0.3, -0.25) is 9.59 Å². The Balaban J connectivity index is 0.000000777. The second kappa shape index (κ2) is 19.9. The standard InChI is InChI=1S/C18H30O5Si.C9H21BrOSi.C9H10O4/c1-12(9-8-10-22-24(6,7)18(3,4)5)15-11-14(20)16(13(2)19)17(21)23-15;1-9(2,3)12(4,5)11-8-6-7-10;1-3-6-4-7(11)8(5(2)10)9(12)13-6/h11-12,20H,8-10H2,1-7H3;6-8H2,1-5H3;4,11H,3H2,1-2H3. The molecular formula is C36H61BrO10Si2. The smallest absolute Gasteiger partial charge is 0.350 e. The fraction of sp³-hybridized carbons (Fsp3) is 0.667. The van der Waals surface area contributed by atoms with Crippen molar-refractivity contribution in [3.8, 4) is 11.5 Å². The highest BCUT2D eigenvalue weighted by Crippen LogP contribution is 2.37. The van der Waals surface area contributed by atoms with Gasteiger partial charge < -0.3 is 27.9 Å². The van der Waals surface area contributed by atoms with Crippen LogP contribution in [-0.4, -0.2) is 57.0 Å². The van der Waals surface area contributed by atoms with Crippen molar-refractivity contribution < 1.29 is 37.5 Å². The Morgan fingerprint density at radius 1 is 0.796 bits per heavy atom. The van der Waals surface area contributed by atoms with Crippen molar-refractivity contribution in [3.63, 3.8) is 0 Å². The number of rotatable bonds is 13. The zero-order valence-corrected chi connectivity index (χ0v) is 35.8. The third-order valence-corrected chi connectivity index (χ3v) is 18.7. The molecule has 0 aromatic carbocycles. The van der Waals surface area contributed by atoms with E-state index < -0.39 is 39.5 Å². The summed E-state index contributed by atoms with van der Waals surface area (Å²) in [6.07, 6.45) is 3.23. The highest BCUT2D eigenvalue weighted by atomic mass is 79.9. The van der Waals surface area contributed by atoms with Crippen LogP contribution in [-0.2, 0) is 15.3 Å². The summed E-state index contributed by atoms with van der Waals surface area (Å²) >= 11 is 3.40. The van der Waals surface area contributed by atoms with Crippen LogP contribution >= 0.6 is 15.9 Å². The summed E-state index contributed by atoms with van der Waals surface area (Å²) in [5.74, 6) is -0.870. The molecular weight excluding hydrogens is 728 g/mol. The Morgan fingerprint density at radius 2 is 1.20 bits per heavy atom. The predicted molar refractivity (Wildman–Crippen MR) is 205 cm³/mol. The summed E-state index contributed by atoms with van der Waals surface area (Å²) in [5.41, 5.74) is -2.12. The number of aromatic hydroxyl groups is 2. The first-order valence-corrected chi connectivity index (χ1v) is 23.8. The van der Waals surface area contributed by atoms with Crippen molar-refractivity contribution in [2.45, 2.75) is 137 Å². The molecule has 0 bridgehead atoms. The van der Waals surface area contributed by atoms with Crippen LogP contribution in [0, 0.1) is 0 Å². The lowest BCUT2D eigenvalue weighted by Gasteiger charge is -2.36. The number of alkyl halides is 1. The maximum Gasteiger partial charge on any atom is 0.350 e. The van der Waals surface area contributed by atoms with Gasteiger partial charge in [0.05, 0.1) is 0 Å². The van der Waals surface area contributed by atoms with Crippen molar-refractivity contribution in [1.82, 2.24) is 0 Å². The summed E-state index contributed by atoms with van der Waals surface area (Å²) in [6.45, 7) is 30.2. The number of carbonyl (C=O) groups excluding carboxylic acids is 2. The van der Waals surface area contributed by atoms with E-state index in [4.69, 9.17) is 17.7 Å². The Hall–Kier alpha value is -2.33. The lowest BCUT2D eigenvalue weighted by atomic mass is 10.0. The monoisotopic (exact) mass is 788 g/mol. The van der Waals surface area contributed by atoms with Crippen LogP contribution < -0.4 is 11.3 Å². The normalized spacial score (nSPS) is 12.7. The van der Waals surface area contributed by atoms with Crippen molar-refractivity contribution in [2.75, 3.05) is 18.5 Å². The van der Waals surface area contributed by atoms with Crippen LogP contribution in [0.5, 0.6) is 11.5 Å². The summed E-state index contributed by atoms with van der Waals surface area (Å²) in [6, 6.07) is 2.66. The van der Waals surface area contributed by atoms with E-state index in [1.54, 1.807) is 6.92 Å². The first-order valence-electron chi connectivity index (χ1n) is 16.8. The summed E-state index contributed by atoms with van der Waals surface area (Å²) in [7, 11) is -3.21. The molecule has 0 saturated carbocycles. The van der Waals surface area contributed by atoms with Gasteiger partial charge in [0.2, 0.25) is 0 Å². The maximum absolute atomic E-state index is 11.8. The molecule has 2 rings (SSSR count). The molecule has 49 heavy (non-hydrogen) atoms. The van der Waals surface area contributed by atoms with Gasteiger partial charge in [-0.25, -0.2) is 9.59 Å². The second-order valence-corrected chi connectivity index (χ2v) is 25.6. The molecule has 0 radical (unpaired) electrons. The fourth-order valence-electron chi connectivity index (χ4n) is 3.77. The van der Waals surface area contributed by atoms with E-state index in [9.17, 15) is 29.4 Å². The second-order valence-electron chi connectivity index (χ2n) is 15.2. The summed E-state index contributed by atoms with van der Waals surface area (Å²) in [5, 5.41) is 20.7. The molecule has 0 aliphatic heterocycles. The molecule has 10 nitrogen and oxygen atoms in total. The van der Waals surface area contributed by atoms with E-state index >= 15 is 0 Å². The van der Waals surface area contributed by atoms with Crippen LogP contribution in [0.4, 0.5) is 0 Å². The third kappa shape index (κ3) is 15.2. The molecule has 13 heteroatoms. The van der Waals surface area contributed by atoms with Crippen LogP contribution in [0.15, 0.2) is 30.6 Å². The third-order valence-electron chi connectivity index (χ3n) is 9.07. The number of aryl methyl sites for hydroxylation is 1. The largest absolute Gasteiger partial charge is 0.507 e. The topological polar surface area (TPSA) is 153 Å². The minimum atomic E-state index is -1.75. The zero-order valence-electron chi connectivity index (χ0n) is 32.2.